The number of amidine groups is 1. The molecule has 0 unspecified atom stereocenters. The molecule has 4 aliphatic rings. The number of guanidine groups is 1. The van der Waals surface area contributed by atoms with Crippen LogP contribution >= 0.6 is 0 Å². The van der Waals surface area contributed by atoms with Crippen molar-refractivity contribution < 1.29 is 9.53 Å². The molecule has 1 saturated heterocycles. The Balaban J connectivity index is 1.19. The lowest BCUT2D eigenvalue weighted by Crippen LogP contribution is -2.42. The summed E-state index contributed by atoms with van der Waals surface area (Å²) in [5, 5.41) is 7.10. The van der Waals surface area contributed by atoms with Gasteiger partial charge in [-0.1, -0.05) is 12.6 Å². The van der Waals surface area contributed by atoms with Crippen LogP contribution in [0.15, 0.2) is 52.5 Å². The van der Waals surface area contributed by atoms with Crippen LogP contribution in [0.25, 0.3) is 0 Å². The summed E-state index contributed by atoms with van der Waals surface area (Å²) < 4.78 is 6.30. The van der Waals surface area contributed by atoms with Gasteiger partial charge < -0.3 is 42.4 Å². The van der Waals surface area contributed by atoms with E-state index in [-0.39, 0.29) is 18.4 Å². The highest BCUT2D eigenvalue weighted by Crippen LogP contribution is 2.39. The lowest BCUT2D eigenvalue weighted by molar-refractivity contribution is -0.130. The molecule has 1 aliphatic carbocycles. The predicted octanol–water partition coefficient (Wildman–Crippen LogP) is 1.75. The second-order valence-electron chi connectivity index (χ2n) is 10.8. The monoisotopic (exact) mass is 535 g/mol. The first kappa shape index (κ1) is 27.0. The Labute approximate surface area is 230 Å². The first-order chi connectivity index (χ1) is 18.9. The molecule has 0 bridgehead atoms. The highest BCUT2D eigenvalue weighted by Gasteiger charge is 2.32. The zero-order valence-electron chi connectivity index (χ0n) is 22.6. The minimum absolute atomic E-state index is 0.00148. The van der Waals surface area contributed by atoms with Gasteiger partial charge in [0.05, 0.1) is 11.9 Å². The molecule has 3 heterocycles. The molecule has 39 heavy (non-hydrogen) atoms. The molecule has 210 valence electrons. The van der Waals surface area contributed by atoms with E-state index in [2.05, 4.69) is 45.4 Å². The fraction of sp³-hybridized carbons (Fsp3) is 0.536. The summed E-state index contributed by atoms with van der Waals surface area (Å²) in [5.41, 5.74) is 18.5. The molecule has 0 atom stereocenters. The van der Waals surface area contributed by atoms with Crippen molar-refractivity contribution in [2.24, 2.45) is 27.2 Å². The number of hydrogen-bond donors (Lipinski definition) is 5. The Bertz CT molecular complexity index is 1160. The topological polar surface area (TPSA) is 160 Å². The number of amides is 1. The maximum absolute atomic E-state index is 12.3. The zero-order valence-corrected chi connectivity index (χ0v) is 22.6. The molecule has 11 heteroatoms. The summed E-state index contributed by atoms with van der Waals surface area (Å²) in [6.07, 6.45) is 9.27. The number of piperidine rings is 1. The number of nitrogens with zero attached hydrogens (tertiary/aromatic N) is 4. The largest absolute Gasteiger partial charge is 0.450 e. The third-order valence-corrected chi connectivity index (χ3v) is 8.13. The third kappa shape index (κ3) is 6.36. The van der Waals surface area contributed by atoms with Gasteiger partial charge in [0.1, 0.15) is 12.4 Å². The molecule has 11 nitrogen and oxygen atoms in total. The van der Waals surface area contributed by atoms with Crippen molar-refractivity contribution in [3.05, 3.63) is 48.1 Å². The van der Waals surface area contributed by atoms with Crippen LogP contribution in [0.2, 0.25) is 0 Å². The first-order valence-corrected chi connectivity index (χ1v) is 14.0. The maximum atomic E-state index is 12.3. The average molecular weight is 536 g/mol. The molecule has 3 aliphatic heterocycles. The number of nitrogens with one attached hydrogen (secondary N) is 2. The van der Waals surface area contributed by atoms with E-state index in [1.54, 1.807) is 0 Å². The van der Waals surface area contributed by atoms with E-state index >= 15 is 0 Å². The van der Waals surface area contributed by atoms with Crippen molar-refractivity contribution in [2.75, 3.05) is 38.0 Å². The SMILES string of the molecule is C=C1N=C2Nc3cc(C4CCN(C(=O)CN=C(N)N)CC4)ccc3OC2=CN1C1CCC(NCCCN)CC1. The highest BCUT2D eigenvalue weighted by molar-refractivity contribution is 6.10. The number of carbonyl (C=O) groups is 1. The van der Waals surface area contributed by atoms with E-state index in [9.17, 15) is 4.79 Å². The minimum atomic E-state index is -0.0618. The van der Waals surface area contributed by atoms with Gasteiger partial charge in [0.15, 0.2) is 23.3 Å². The number of ether oxygens (including phenoxy) is 1. The van der Waals surface area contributed by atoms with Crippen LogP contribution in [-0.4, -0.2) is 72.3 Å². The lowest BCUT2D eigenvalue weighted by atomic mass is 9.89. The van der Waals surface area contributed by atoms with Crippen LogP contribution < -0.4 is 32.6 Å². The van der Waals surface area contributed by atoms with Crippen LogP contribution in [-0.2, 0) is 4.79 Å². The summed E-state index contributed by atoms with van der Waals surface area (Å²) in [4.78, 5) is 25.0. The number of benzene rings is 1. The zero-order chi connectivity index (χ0) is 27.4. The minimum Gasteiger partial charge on any atom is -0.450 e. The molecule has 1 amide bonds. The summed E-state index contributed by atoms with van der Waals surface area (Å²) in [5.74, 6) is 3.19. The second kappa shape index (κ2) is 12.1. The fourth-order valence-corrected chi connectivity index (χ4v) is 5.91. The Morgan fingerprint density at radius 3 is 2.67 bits per heavy atom. The lowest BCUT2D eigenvalue weighted by Gasteiger charge is -2.39. The normalized spacial score (nSPS) is 23.1. The van der Waals surface area contributed by atoms with E-state index in [0.29, 0.717) is 36.9 Å². The maximum Gasteiger partial charge on any atom is 0.244 e. The van der Waals surface area contributed by atoms with Gasteiger partial charge in [0.25, 0.3) is 0 Å². The van der Waals surface area contributed by atoms with Crippen LogP contribution in [0.3, 0.4) is 0 Å². The Kier molecular flexibility index (Phi) is 8.37. The molecule has 2 fully saturated rings. The summed E-state index contributed by atoms with van der Waals surface area (Å²) in [6, 6.07) is 7.22. The number of anilines is 1. The van der Waals surface area contributed by atoms with Gasteiger partial charge in [-0.25, -0.2) is 9.98 Å². The van der Waals surface area contributed by atoms with Gasteiger partial charge in [-0.15, -0.1) is 0 Å². The second-order valence-corrected chi connectivity index (χ2v) is 10.8. The molecule has 1 saturated carbocycles. The Morgan fingerprint density at radius 1 is 1.18 bits per heavy atom. The Morgan fingerprint density at radius 2 is 1.95 bits per heavy atom. The van der Waals surface area contributed by atoms with Crippen molar-refractivity contribution in [1.82, 2.24) is 15.1 Å². The fourth-order valence-electron chi connectivity index (χ4n) is 5.91. The molecule has 0 spiro atoms. The predicted molar refractivity (Wildman–Crippen MR) is 154 cm³/mol. The van der Waals surface area contributed by atoms with Gasteiger partial charge in [-0.05, 0) is 81.6 Å². The summed E-state index contributed by atoms with van der Waals surface area (Å²) >= 11 is 0. The quantitative estimate of drug-likeness (QED) is 0.191. The molecule has 1 aromatic carbocycles. The number of aliphatic imine (C=N–C) groups is 2. The smallest absolute Gasteiger partial charge is 0.244 e. The van der Waals surface area contributed by atoms with E-state index in [1.165, 1.54) is 5.56 Å². The summed E-state index contributed by atoms with van der Waals surface area (Å²) in [6.45, 7) is 7.34. The molecule has 8 N–H and O–H groups in total. The van der Waals surface area contributed by atoms with Gasteiger partial charge in [-0.3, -0.25) is 4.79 Å². The number of carbonyl (C=O) groups excluding carboxylic acids is 1. The highest BCUT2D eigenvalue weighted by atomic mass is 16.5. The van der Waals surface area contributed by atoms with E-state index in [1.807, 2.05) is 11.0 Å². The standard InChI is InChI=1S/C28H41N9O2/c1-18-34-27-25(17-37(18)22-6-4-21(5-7-22)32-12-2-11-29)39-24-8-3-20(15-23(24)35-27)19-9-13-36(14-10-19)26(38)16-33-28(30)31/h3,8,15,17,19,21-22,32H,1-2,4-7,9-14,16,29H2,(H,34,35)(H4,30,31,33). The van der Waals surface area contributed by atoms with Gasteiger partial charge >= 0.3 is 0 Å². The van der Waals surface area contributed by atoms with Gasteiger partial charge in [0, 0.05) is 25.2 Å². The number of fused-ring (bicyclic) bond motifs is 2. The number of hydrogen-bond acceptors (Lipinski definition) is 8. The van der Waals surface area contributed by atoms with Crippen LogP contribution in [0.1, 0.15) is 56.4 Å². The van der Waals surface area contributed by atoms with Crippen molar-refractivity contribution in [3.8, 4) is 5.75 Å². The molecule has 5 rings (SSSR count). The van der Waals surface area contributed by atoms with Crippen LogP contribution in [0.4, 0.5) is 5.69 Å². The van der Waals surface area contributed by atoms with Crippen LogP contribution in [0.5, 0.6) is 5.75 Å². The van der Waals surface area contributed by atoms with Crippen molar-refractivity contribution >= 4 is 23.4 Å². The van der Waals surface area contributed by atoms with Gasteiger partial charge in [0.2, 0.25) is 5.91 Å². The number of nitrogens with two attached hydrogens (primary N) is 3. The van der Waals surface area contributed by atoms with E-state index in [0.717, 1.165) is 81.1 Å². The van der Waals surface area contributed by atoms with Gasteiger partial charge in [-0.2, -0.15) is 0 Å². The number of rotatable bonds is 8. The van der Waals surface area contributed by atoms with E-state index in [4.69, 9.17) is 26.9 Å². The average Bonchev–Trinajstić information content (AvgIpc) is 2.95. The Hall–Kier alpha value is -3.57. The molecular formula is C28H41N9O2. The van der Waals surface area contributed by atoms with Crippen molar-refractivity contribution in [3.63, 3.8) is 0 Å². The van der Waals surface area contributed by atoms with Crippen LogP contribution in [0, 0.1) is 0 Å². The molecule has 0 aromatic heterocycles. The number of likely N-dealkylation sites (tertiary alicyclic amines) is 1. The molecular weight excluding hydrogens is 494 g/mol. The molecule has 1 aromatic rings. The van der Waals surface area contributed by atoms with E-state index < -0.39 is 0 Å². The van der Waals surface area contributed by atoms with Crippen molar-refractivity contribution in [2.45, 2.75) is 62.9 Å². The van der Waals surface area contributed by atoms with Crippen molar-refractivity contribution in [1.29, 1.82) is 0 Å². The third-order valence-electron chi connectivity index (χ3n) is 8.13. The first-order valence-electron chi connectivity index (χ1n) is 14.0. The summed E-state index contributed by atoms with van der Waals surface area (Å²) in [7, 11) is 0. The molecule has 0 radical (unpaired) electrons.